The number of aliphatic carboxylic acids is 1. The summed E-state index contributed by atoms with van der Waals surface area (Å²) in [6, 6.07) is 6.78. The van der Waals surface area contributed by atoms with Gasteiger partial charge in [-0.25, -0.2) is 0 Å². The third kappa shape index (κ3) is 2.07. The van der Waals surface area contributed by atoms with Crippen molar-refractivity contribution in [1.82, 2.24) is 5.32 Å². The Kier molecular flexibility index (Phi) is 2.84. The smallest absolute Gasteiger partial charge is 0.307 e. The van der Waals surface area contributed by atoms with E-state index in [0.29, 0.717) is 13.0 Å². The van der Waals surface area contributed by atoms with Crippen LogP contribution in [0.1, 0.15) is 23.6 Å². The highest BCUT2D eigenvalue weighted by molar-refractivity contribution is 7.99. The first-order valence-corrected chi connectivity index (χ1v) is 6.94. The molecule has 2 atom stereocenters. The van der Waals surface area contributed by atoms with Gasteiger partial charge in [0.2, 0.25) is 0 Å². The minimum Gasteiger partial charge on any atom is -0.481 e. The van der Waals surface area contributed by atoms with Crippen molar-refractivity contribution in [2.24, 2.45) is 5.92 Å². The number of carboxylic acids is 1. The monoisotopic (exact) mass is 249 g/mol. The quantitative estimate of drug-likeness (QED) is 0.842. The number of thioether (sulfide) groups is 1. The Morgan fingerprint density at radius 2 is 2.35 bits per heavy atom. The van der Waals surface area contributed by atoms with E-state index in [1.807, 2.05) is 11.8 Å². The molecule has 2 heterocycles. The van der Waals surface area contributed by atoms with E-state index in [2.05, 4.69) is 23.5 Å². The molecule has 1 aromatic rings. The third-order valence-corrected chi connectivity index (χ3v) is 4.71. The van der Waals surface area contributed by atoms with Crippen molar-refractivity contribution in [1.29, 1.82) is 0 Å². The van der Waals surface area contributed by atoms with Crippen molar-refractivity contribution in [3.63, 3.8) is 0 Å². The lowest BCUT2D eigenvalue weighted by Gasteiger charge is -2.12. The molecule has 0 radical (unpaired) electrons. The molecule has 0 spiro atoms. The summed E-state index contributed by atoms with van der Waals surface area (Å²) in [5, 5.41) is 12.3. The van der Waals surface area contributed by atoms with Gasteiger partial charge in [0.05, 0.1) is 5.92 Å². The first-order chi connectivity index (χ1) is 8.24. The van der Waals surface area contributed by atoms with Gasteiger partial charge in [-0.15, -0.1) is 11.8 Å². The Balaban J connectivity index is 1.79. The van der Waals surface area contributed by atoms with Gasteiger partial charge in [-0.1, -0.05) is 12.1 Å². The number of nitrogens with one attached hydrogen (secondary N) is 1. The molecule has 2 aliphatic heterocycles. The maximum atomic E-state index is 10.9. The second-order valence-electron chi connectivity index (χ2n) is 4.70. The van der Waals surface area contributed by atoms with Crippen LogP contribution in [0.4, 0.5) is 0 Å². The highest BCUT2D eigenvalue weighted by Crippen LogP contribution is 2.35. The second-order valence-corrected chi connectivity index (χ2v) is 5.83. The summed E-state index contributed by atoms with van der Waals surface area (Å²) in [5.74, 6) is 0.258. The zero-order chi connectivity index (χ0) is 11.8. The Bertz CT molecular complexity index is 461. The standard InChI is InChI=1S/C13H15NO2S/c15-13(16)10-6-11(14-7-10)8-1-2-12-9(5-8)3-4-17-12/h1-2,5,10-11,14H,3-4,6-7H2,(H,15,16). The Morgan fingerprint density at radius 3 is 3.12 bits per heavy atom. The molecule has 90 valence electrons. The predicted octanol–water partition coefficient (Wildman–Crippen LogP) is 2.07. The second kappa shape index (κ2) is 4.35. The van der Waals surface area contributed by atoms with E-state index in [1.165, 1.54) is 21.8 Å². The summed E-state index contributed by atoms with van der Waals surface area (Å²) in [6.07, 6.45) is 1.85. The molecule has 0 aliphatic carbocycles. The number of aryl methyl sites for hydroxylation is 1. The molecule has 4 heteroatoms. The number of hydrogen-bond acceptors (Lipinski definition) is 3. The molecular weight excluding hydrogens is 234 g/mol. The summed E-state index contributed by atoms with van der Waals surface area (Å²) in [7, 11) is 0. The number of carbonyl (C=O) groups is 1. The minimum atomic E-state index is -0.684. The highest BCUT2D eigenvalue weighted by Gasteiger charge is 2.30. The summed E-state index contributed by atoms with van der Waals surface area (Å²) < 4.78 is 0. The van der Waals surface area contributed by atoms with Crippen LogP contribution in [0.15, 0.2) is 23.1 Å². The first-order valence-electron chi connectivity index (χ1n) is 5.96. The van der Waals surface area contributed by atoms with Crippen molar-refractivity contribution in [2.45, 2.75) is 23.8 Å². The van der Waals surface area contributed by atoms with Gasteiger partial charge in [0.1, 0.15) is 0 Å². The SMILES string of the molecule is O=C(O)C1CNC(c2ccc3c(c2)CCS3)C1. The predicted molar refractivity (Wildman–Crippen MR) is 67.4 cm³/mol. The summed E-state index contributed by atoms with van der Waals surface area (Å²) in [4.78, 5) is 12.3. The van der Waals surface area contributed by atoms with E-state index >= 15 is 0 Å². The fraction of sp³-hybridized carbons (Fsp3) is 0.462. The molecule has 2 aliphatic rings. The van der Waals surface area contributed by atoms with E-state index in [9.17, 15) is 4.79 Å². The van der Waals surface area contributed by atoms with Crippen LogP contribution in [0.3, 0.4) is 0 Å². The van der Waals surface area contributed by atoms with Crippen LogP contribution < -0.4 is 5.32 Å². The normalized spacial score (nSPS) is 27.1. The maximum Gasteiger partial charge on any atom is 0.307 e. The summed E-state index contributed by atoms with van der Waals surface area (Å²) >= 11 is 1.91. The van der Waals surface area contributed by atoms with E-state index < -0.39 is 5.97 Å². The van der Waals surface area contributed by atoms with Crippen LogP contribution in [0.5, 0.6) is 0 Å². The Labute approximate surface area is 105 Å². The topological polar surface area (TPSA) is 49.3 Å². The van der Waals surface area contributed by atoms with E-state index in [1.54, 1.807) is 0 Å². The van der Waals surface area contributed by atoms with Gasteiger partial charge in [-0.2, -0.15) is 0 Å². The molecule has 0 amide bonds. The molecular formula is C13H15NO2S. The molecule has 17 heavy (non-hydrogen) atoms. The average Bonchev–Trinajstić information content (AvgIpc) is 2.97. The molecule has 3 nitrogen and oxygen atoms in total. The van der Waals surface area contributed by atoms with Gasteiger partial charge in [0.15, 0.2) is 0 Å². The molecule has 1 saturated heterocycles. The molecule has 1 fully saturated rings. The number of fused-ring (bicyclic) bond motifs is 1. The lowest BCUT2D eigenvalue weighted by molar-refractivity contribution is -0.141. The molecule has 0 saturated carbocycles. The van der Waals surface area contributed by atoms with Crippen LogP contribution >= 0.6 is 11.8 Å². The van der Waals surface area contributed by atoms with Crippen molar-refractivity contribution in [3.05, 3.63) is 29.3 Å². The molecule has 0 bridgehead atoms. The number of benzene rings is 1. The van der Waals surface area contributed by atoms with Gasteiger partial charge < -0.3 is 10.4 Å². The zero-order valence-corrected chi connectivity index (χ0v) is 10.3. The van der Waals surface area contributed by atoms with Crippen molar-refractivity contribution in [2.75, 3.05) is 12.3 Å². The van der Waals surface area contributed by atoms with Gasteiger partial charge in [-0.3, -0.25) is 4.79 Å². The van der Waals surface area contributed by atoms with Gasteiger partial charge >= 0.3 is 5.97 Å². The molecule has 3 rings (SSSR count). The summed E-state index contributed by atoms with van der Waals surface area (Å²) in [6.45, 7) is 0.589. The highest BCUT2D eigenvalue weighted by atomic mass is 32.2. The van der Waals surface area contributed by atoms with Crippen LogP contribution in [-0.4, -0.2) is 23.4 Å². The average molecular weight is 249 g/mol. The maximum absolute atomic E-state index is 10.9. The summed E-state index contributed by atoms with van der Waals surface area (Å²) in [5.41, 5.74) is 2.67. The number of hydrogen-bond donors (Lipinski definition) is 2. The fourth-order valence-electron chi connectivity index (χ4n) is 2.60. The van der Waals surface area contributed by atoms with Crippen LogP contribution in [0.2, 0.25) is 0 Å². The van der Waals surface area contributed by atoms with Crippen molar-refractivity contribution < 1.29 is 9.90 Å². The lowest BCUT2D eigenvalue weighted by Crippen LogP contribution is -2.17. The minimum absolute atomic E-state index is 0.215. The Hall–Kier alpha value is -1.00. The molecule has 0 aromatic heterocycles. The zero-order valence-electron chi connectivity index (χ0n) is 9.48. The fourth-order valence-corrected chi connectivity index (χ4v) is 3.65. The molecule has 2 N–H and O–H groups in total. The van der Waals surface area contributed by atoms with E-state index in [0.717, 1.165) is 6.42 Å². The van der Waals surface area contributed by atoms with Crippen LogP contribution in [-0.2, 0) is 11.2 Å². The first kappa shape index (κ1) is 11.1. The largest absolute Gasteiger partial charge is 0.481 e. The van der Waals surface area contributed by atoms with E-state index in [-0.39, 0.29) is 12.0 Å². The lowest BCUT2D eigenvalue weighted by atomic mass is 9.98. The van der Waals surface area contributed by atoms with Crippen LogP contribution in [0.25, 0.3) is 0 Å². The van der Waals surface area contributed by atoms with Gasteiger partial charge in [-0.05, 0) is 30.0 Å². The Morgan fingerprint density at radius 1 is 1.47 bits per heavy atom. The van der Waals surface area contributed by atoms with Gasteiger partial charge in [0, 0.05) is 23.2 Å². The number of carboxylic acid groups (broad SMARTS) is 1. The van der Waals surface area contributed by atoms with Crippen LogP contribution in [0, 0.1) is 5.92 Å². The molecule has 1 aromatic carbocycles. The van der Waals surface area contributed by atoms with Gasteiger partial charge in [0.25, 0.3) is 0 Å². The number of rotatable bonds is 2. The van der Waals surface area contributed by atoms with E-state index in [4.69, 9.17) is 5.11 Å². The van der Waals surface area contributed by atoms with Crippen molar-refractivity contribution >= 4 is 17.7 Å². The van der Waals surface area contributed by atoms with Crippen molar-refractivity contribution in [3.8, 4) is 0 Å². The third-order valence-electron chi connectivity index (χ3n) is 3.60. The molecule has 2 unspecified atom stereocenters.